The van der Waals surface area contributed by atoms with Gasteiger partial charge in [-0.05, 0) is 49.6 Å². The highest BCUT2D eigenvalue weighted by molar-refractivity contribution is 7.92. The number of amides is 1. The highest BCUT2D eigenvalue weighted by atomic mass is 32.2. The van der Waals surface area contributed by atoms with Crippen molar-refractivity contribution in [3.8, 4) is 0 Å². The summed E-state index contributed by atoms with van der Waals surface area (Å²) in [6.07, 6.45) is 0.642. The minimum Gasteiger partial charge on any atom is -0.325 e. The molecule has 2 aromatic carbocycles. The fraction of sp³-hybridized carbons (Fsp3) is 0.316. The summed E-state index contributed by atoms with van der Waals surface area (Å²) in [5.41, 5.74) is 9.20. The molecule has 2 atom stereocenters. The van der Waals surface area contributed by atoms with Gasteiger partial charge in [-0.1, -0.05) is 30.3 Å². The van der Waals surface area contributed by atoms with Crippen molar-refractivity contribution in [3.63, 3.8) is 0 Å². The van der Waals surface area contributed by atoms with Gasteiger partial charge in [0.2, 0.25) is 15.9 Å². The molecule has 7 nitrogen and oxygen atoms in total. The van der Waals surface area contributed by atoms with Gasteiger partial charge in [0.15, 0.2) is 0 Å². The van der Waals surface area contributed by atoms with Crippen LogP contribution in [-0.2, 0) is 14.8 Å². The molecule has 1 heterocycles. The summed E-state index contributed by atoms with van der Waals surface area (Å²) in [7, 11) is -3.33. The molecular weight excluding hydrogens is 364 g/mol. The van der Waals surface area contributed by atoms with Crippen LogP contribution in [0.2, 0.25) is 0 Å². The van der Waals surface area contributed by atoms with Crippen LogP contribution < -0.4 is 20.9 Å². The second-order valence-electron chi connectivity index (χ2n) is 6.56. The molecule has 1 amide bonds. The van der Waals surface area contributed by atoms with Crippen LogP contribution >= 0.6 is 0 Å². The fourth-order valence-electron chi connectivity index (χ4n) is 2.96. The minimum atomic E-state index is -3.33. The zero-order valence-corrected chi connectivity index (χ0v) is 16.1. The Morgan fingerprint density at radius 3 is 2.56 bits per heavy atom. The quantitative estimate of drug-likeness (QED) is 0.609. The molecule has 3 rings (SSSR count). The van der Waals surface area contributed by atoms with Gasteiger partial charge in [-0.25, -0.2) is 19.3 Å². The molecule has 4 N–H and O–H groups in total. The third kappa shape index (κ3) is 4.85. The molecule has 1 aliphatic rings. The van der Waals surface area contributed by atoms with Crippen LogP contribution in [0.5, 0.6) is 0 Å². The summed E-state index contributed by atoms with van der Waals surface area (Å²) in [6, 6.07) is 14.8. The standard InChI is InChI=1S/C19H24N4O3S/c1-3-27(25,26)23-16-10-9-15(11-13(16)2)20-19(24)18-12-17(21-22-18)14-7-5-4-6-8-14/h4-11,17-18,21-23H,3,12H2,1-2H3,(H,20,24). The molecule has 144 valence electrons. The Bertz CT molecular complexity index is 916. The molecule has 1 fully saturated rings. The van der Waals surface area contributed by atoms with Crippen molar-refractivity contribution in [1.82, 2.24) is 10.9 Å². The Balaban J connectivity index is 1.62. The predicted molar refractivity (Wildman–Crippen MR) is 107 cm³/mol. The Labute approximate surface area is 159 Å². The van der Waals surface area contributed by atoms with E-state index < -0.39 is 10.0 Å². The summed E-state index contributed by atoms with van der Waals surface area (Å²) in [5.74, 6) is -0.129. The van der Waals surface area contributed by atoms with E-state index in [2.05, 4.69) is 20.9 Å². The van der Waals surface area contributed by atoms with Gasteiger partial charge in [-0.3, -0.25) is 9.52 Å². The maximum Gasteiger partial charge on any atom is 0.242 e. The predicted octanol–water partition coefficient (Wildman–Crippen LogP) is 2.30. The van der Waals surface area contributed by atoms with Gasteiger partial charge >= 0.3 is 0 Å². The number of sulfonamides is 1. The van der Waals surface area contributed by atoms with E-state index in [-0.39, 0.29) is 23.7 Å². The highest BCUT2D eigenvalue weighted by Gasteiger charge is 2.30. The summed E-state index contributed by atoms with van der Waals surface area (Å²) < 4.78 is 26.0. The number of anilines is 2. The normalized spacial score (nSPS) is 19.6. The van der Waals surface area contributed by atoms with Crippen LogP contribution in [0.3, 0.4) is 0 Å². The van der Waals surface area contributed by atoms with Gasteiger partial charge in [0.05, 0.1) is 11.4 Å². The third-order valence-electron chi connectivity index (χ3n) is 4.56. The minimum absolute atomic E-state index is 0.00780. The summed E-state index contributed by atoms with van der Waals surface area (Å²) in [5, 5.41) is 2.88. The lowest BCUT2D eigenvalue weighted by Crippen LogP contribution is -2.39. The first-order chi connectivity index (χ1) is 12.9. The molecule has 0 bridgehead atoms. The van der Waals surface area contributed by atoms with Crippen molar-refractivity contribution in [2.75, 3.05) is 15.8 Å². The van der Waals surface area contributed by atoms with Crippen molar-refractivity contribution < 1.29 is 13.2 Å². The molecule has 0 radical (unpaired) electrons. The largest absolute Gasteiger partial charge is 0.325 e. The number of hydrazine groups is 1. The van der Waals surface area contributed by atoms with E-state index in [1.807, 2.05) is 30.3 Å². The first kappa shape index (κ1) is 19.3. The molecule has 0 saturated carbocycles. The number of rotatable bonds is 6. The Morgan fingerprint density at radius 1 is 1.15 bits per heavy atom. The van der Waals surface area contributed by atoms with Gasteiger partial charge in [0.1, 0.15) is 6.04 Å². The van der Waals surface area contributed by atoms with E-state index in [9.17, 15) is 13.2 Å². The molecule has 2 unspecified atom stereocenters. The monoisotopic (exact) mass is 388 g/mol. The molecule has 1 saturated heterocycles. The zero-order valence-electron chi connectivity index (χ0n) is 15.3. The van der Waals surface area contributed by atoms with E-state index in [1.54, 1.807) is 32.0 Å². The van der Waals surface area contributed by atoms with Crippen LogP contribution in [-0.4, -0.2) is 26.1 Å². The number of hydrogen-bond donors (Lipinski definition) is 4. The average molecular weight is 388 g/mol. The third-order valence-corrected chi connectivity index (χ3v) is 5.85. The molecule has 0 spiro atoms. The van der Waals surface area contributed by atoms with Crippen molar-refractivity contribution in [2.24, 2.45) is 0 Å². The van der Waals surface area contributed by atoms with Crippen molar-refractivity contribution >= 4 is 27.3 Å². The number of nitrogens with one attached hydrogen (secondary N) is 4. The van der Waals surface area contributed by atoms with Crippen LogP contribution in [0, 0.1) is 6.92 Å². The lowest BCUT2D eigenvalue weighted by atomic mass is 10.0. The Kier molecular flexibility index (Phi) is 5.79. The number of carbonyl (C=O) groups is 1. The van der Waals surface area contributed by atoms with E-state index in [1.165, 1.54) is 0 Å². The maximum absolute atomic E-state index is 12.5. The Hall–Kier alpha value is -2.42. The SMILES string of the molecule is CCS(=O)(=O)Nc1ccc(NC(=O)C2CC(c3ccccc3)NN2)cc1C. The number of carbonyl (C=O) groups excluding carboxylic acids is 1. The molecule has 27 heavy (non-hydrogen) atoms. The molecule has 1 aliphatic heterocycles. The van der Waals surface area contributed by atoms with Crippen LogP contribution in [0.4, 0.5) is 11.4 Å². The fourth-order valence-corrected chi connectivity index (χ4v) is 3.67. The smallest absolute Gasteiger partial charge is 0.242 e. The highest BCUT2D eigenvalue weighted by Crippen LogP contribution is 2.24. The molecule has 2 aromatic rings. The van der Waals surface area contributed by atoms with Gasteiger partial charge in [0.25, 0.3) is 0 Å². The van der Waals surface area contributed by atoms with Crippen LogP contribution in [0.15, 0.2) is 48.5 Å². The van der Waals surface area contributed by atoms with Gasteiger partial charge in [-0.2, -0.15) is 0 Å². The maximum atomic E-state index is 12.5. The number of benzene rings is 2. The number of hydrogen-bond acceptors (Lipinski definition) is 5. The van der Waals surface area contributed by atoms with Crippen LogP contribution in [0.1, 0.15) is 30.5 Å². The van der Waals surface area contributed by atoms with Crippen molar-refractivity contribution in [2.45, 2.75) is 32.4 Å². The van der Waals surface area contributed by atoms with Gasteiger partial charge < -0.3 is 5.32 Å². The molecule has 0 aliphatic carbocycles. The molecule has 8 heteroatoms. The van der Waals surface area contributed by atoms with E-state index >= 15 is 0 Å². The van der Waals surface area contributed by atoms with Crippen molar-refractivity contribution in [3.05, 3.63) is 59.7 Å². The zero-order chi connectivity index (χ0) is 19.4. The number of aryl methyl sites for hydroxylation is 1. The summed E-state index contributed by atoms with van der Waals surface area (Å²) in [4.78, 5) is 12.5. The second-order valence-corrected chi connectivity index (χ2v) is 8.58. The average Bonchev–Trinajstić information content (AvgIpc) is 3.15. The van der Waals surface area contributed by atoms with E-state index in [0.717, 1.165) is 11.1 Å². The topological polar surface area (TPSA) is 99.3 Å². The van der Waals surface area contributed by atoms with E-state index in [4.69, 9.17) is 0 Å². The first-order valence-electron chi connectivity index (χ1n) is 8.86. The van der Waals surface area contributed by atoms with E-state index in [0.29, 0.717) is 17.8 Å². The summed E-state index contributed by atoms with van der Waals surface area (Å²) in [6.45, 7) is 3.38. The van der Waals surface area contributed by atoms with Crippen LogP contribution in [0.25, 0.3) is 0 Å². The summed E-state index contributed by atoms with van der Waals surface area (Å²) >= 11 is 0. The first-order valence-corrected chi connectivity index (χ1v) is 10.5. The lowest BCUT2D eigenvalue weighted by Gasteiger charge is -2.14. The van der Waals surface area contributed by atoms with Gasteiger partial charge in [-0.15, -0.1) is 0 Å². The second kappa shape index (κ2) is 8.08. The lowest BCUT2D eigenvalue weighted by molar-refractivity contribution is -0.117. The van der Waals surface area contributed by atoms with Gasteiger partial charge in [0, 0.05) is 11.7 Å². The molecule has 0 aromatic heterocycles. The van der Waals surface area contributed by atoms with Crippen molar-refractivity contribution in [1.29, 1.82) is 0 Å². The Morgan fingerprint density at radius 2 is 1.89 bits per heavy atom. The molecular formula is C19H24N4O3S.